The van der Waals surface area contributed by atoms with E-state index in [1.165, 1.54) is 11.0 Å². The number of benzene rings is 2. The maximum Gasteiger partial charge on any atom is 0.290 e. The Morgan fingerprint density at radius 3 is 2.58 bits per heavy atom. The Morgan fingerprint density at radius 2 is 1.91 bits per heavy atom. The Kier molecular flexibility index (Phi) is 6.56. The van der Waals surface area contributed by atoms with Crippen LogP contribution in [0.2, 0.25) is 0 Å². The molecule has 1 aliphatic heterocycles. The molecule has 0 saturated carbocycles. The number of sulfone groups is 1. The van der Waals surface area contributed by atoms with E-state index in [1.807, 2.05) is 44.2 Å². The highest BCUT2D eigenvalue weighted by Crippen LogP contribution is 2.24. The van der Waals surface area contributed by atoms with Gasteiger partial charge < -0.3 is 14.1 Å². The predicted molar refractivity (Wildman–Crippen MR) is 126 cm³/mol. The van der Waals surface area contributed by atoms with E-state index >= 15 is 0 Å². The van der Waals surface area contributed by atoms with E-state index in [-0.39, 0.29) is 29.2 Å². The highest BCUT2D eigenvalue weighted by Gasteiger charge is 2.36. The van der Waals surface area contributed by atoms with Crippen molar-refractivity contribution >= 4 is 26.7 Å². The molecule has 174 valence electrons. The molecule has 1 aliphatic rings. The van der Waals surface area contributed by atoms with Crippen LogP contribution in [0.5, 0.6) is 5.75 Å². The third kappa shape index (κ3) is 5.27. The fraction of sp³-hybridized carbons (Fsp3) is 0.360. The van der Waals surface area contributed by atoms with Crippen LogP contribution < -0.4 is 10.2 Å². The lowest BCUT2D eigenvalue weighted by atomic mass is 10.1. The number of carbonyl (C=O) groups is 1. The zero-order valence-corrected chi connectivity index (χ0v) is 19.6. The zero-order valence-electron chi connectivity index (χ0n) is 18.7. The van der Waals surface area contributed by atoms with Crippen LogP contribution in [0.3, 0.4) is 0 Å². The van der Waals surface area contributed by atoms with Gasteiger partial charge in [0, 0.05) is 18.7 Å². The predicted octanol–water partition coefficient (Wildman–Crippen LogP) is 3.72. The third-order valence-corrected chi connectivity index (χ3v) is 7.50. The van der Waals surface area contributed by atoms with Gasteiger partial charge in [-0.15, -0.1) is 0 Å². The summed E-state index contributed by atoms with van der Waals surface area (Å²) in [5, 5.41) is 0.398. The summed E-state index contributed by atoms with van der Waals surface area (Å²) in [4.78, 5) is 27.6. The molecule has 1 atom stereocenters. The summed E-state index contributed by atoms with van der Waals surface area (Å²) in [5.41, 5.74) is 1.76. The number of carbonyl (C=O) groups excluding carboxylic acids is 1. The first-order valence-corrected chi connectivity index (χ1v) is 12.9. The summed E-state index contributed by atoms with van der Waals surface area (Å²) in [6.07, 6.45) is 1.25. The molecule has 1 saturated heterocycles. The van der Waals surface area contributed by atoms with Crippen LogP contribution in [0.1, 0.15) is 41.4 Å². The van der Waals surface area contributed by atoms with Crippen LogP contribution in [0, 0.1) is 6.92 Å². The van der Waals surface area contributed by atoms with Gasteiger partial charge in [0.15, 0.2) is 21.0 Å². The van der Waals surface area contributed by atoms with Gasteiger partial charge >= 0.3 is 0 Å². The first-order valence-electron chi connectivity index (χ1n) is 11.0. The normalized spacial score (nSPS) is 17.2. The summed E-state index contributed by atoms with van der Waals surface area (Å²) in [5.74, 6) is 0.0754. The zero-order chi connectivity index (χ0) is 23.6. The number of amides is 1. The van der Waals surface area contributed by atoms with Crippen molar-refractivity contribution in [3.8, 4) is 5.75 Å². The van der Waals surface area contributed by atoms with Gasteiger partial charge in [-0.25, -0.2) is 8.42 Å². The maximum absolute atomic E-state index is 13.5. The second kappa shape index (κ2) is 9.39. The van der Waals surface area contributed by atoms with Crippen molar-refractivity contribution in [3.63, 3.8) is 0 Å². The second-order valence-corrected chi connectivity index (χ2v) is 10.7. The van der Waals surface area contributed by atoms with Gasteiger partial charge in [0.05, 0.1) is 23.5 Å². The number of hydrogen-bond donors (Lipinski definition) is 0. The van der Waals surface area contributed by atoms with E-state index < -0.39 is 21.8 Å². The number of hydrogen-bond acceptors (Lipinski definition) is 6. The average Bonchev–Trinajstić information content (AvgIpc) is 3.15. The van der Waals surface area contributed by atoms with E-state index in [0.717, 1.165) is 23.3 Å². The van der Waals surface area contributed by atoms with Crippen molar-refractivity contribution in [1.82, 2.24) is 4.90 Å². The largest absolute Gasteiger partial charge is 0.494 e. The molecule has 3 aromatic rings. The summed E-state index contributed by atoms with van der Waals surface area (Å²) < 4.78 is 35.7. The molecule has 8 heteroatoms. The van der Waals surface area contributed by atoms with Gasteiger partial charge in [-0.3, -0.25) is 9.59 Å². The van der Waals surface area contributed by atoms with Crippen LogP contribution in [-0.2, 0) is 16.4 Å². The van der Waals surface area contributed by atoms with Crippen LogP contribution in [0.15, 0.2) is 57.7 Å². The van der Waals surface area contributed by atoms with Crippen LogP contribution in [0.4, 0.5) is 0 Å². The standard InChI is InChI=1S/C25H27NO6S/c1-3-11-31-20-7-5-18(6-8-20)15-26(19-10-12-33(29,30)16-19)25(28)24-14-22(27)21-9-4-17(2)13-23(21)32-24/h4-9,13-14,19H,3,10-12,15-16H2,1-2H3/t19-/m1/s1. The molecular formula is C25H27NO6S. The molecule has 1 fully saturated rings. The van der Waals surface area contributed by atoms with Gasteiger partial charge in [-0.1, -0.05) is 25.1 Å². The molecule has 7 nitrogen and oxygen atoms in total. The molecule has 0 radical (unpaired) electrons. The summed E-state index contributed by atoms with van der Waals surface area (Å²) in [7, 11) is -3.22. The molecule has 2 aromatic carbocycles. The smallest absolute Gasteiger partial charge is 0.290 e. The summed E-state index contributed by atoms with van der Waals surface area (Å²) in [6.45, 7) is 4.71. The molecule has 1 aromatic heterocycles. The van der Waals surface area contributed by atoms with Crippen LogP contribution >= 0.6 is 0 Å². The fourth-order valence-electron chi connectivity index (χ4n) is 4.00. The SMILES string of the molecule is CCCOc1ccc(CN(C(=O)c2cc(=O)c3ccc(C)cc3o2)[C@@H]2CCS(=O)(=O)C2)cc1. The van der Waals surface area contributed by atoms with Crippen LogP contribution in [-0.4, -0.2) is 43.4 Å². The molecule has 2 heterocycles. The molecule has 1 amide bonds. The Labute approximate surface area is 192 Å². The molecule has 0 unspecified atom stereocenters. The lowest BCUT2D eigenvalue weighted by Gasteiger charge is -2.28. The molecule has 33 heavy (non-hydrogen) atoms. The number of rotatable bonds is 7. The van der Waals surface area contributed by atoms with Gasteiger partial charge in [-0.05, 0) is 55.2 Å². The van der Waals surface area contributed by atoms with Crippen LogP contribution in [0.25, 0.3) is 11.0 Å². The van der Waals surface area contributed by atoms with Crippen molar-refractivity contribution in [2.75, 3.05) is 18.1 Å². The maximum atomic E-state index is 13.5. The Hall–Kier alpha value is -3.13. The first-order chi connectivity index (χ1) is 15.8. The first kappa shape index (κ1) is 23.0. The van der Waals surface area contributed by atoms with Gasteiger partial charge in [0.1, 0.15) is 11.3 Å². The highest BCUT2D eigenvalue weighted by molar-refractivity contribution is 7.91. The molecule has 0 spiro atoms. The van der Waals surface area contributed by atoms with Crippen molar-refractivity contribution in [2.45, 2.75) is 39.3 Å². The van der Waals surface area contributed by atoms with E-state index in [4.69, 9.17) is 9.15 Å². The average molecular weight is 470 g/mol. The lowest BCUT2D eigenvalue weighted by molar-refractivity contribution is 0.0648. The van der Waals surface area contributed by atoms with Gasteiger partial charge in [0.25, 0.3) is 5.91 Å². The molecule has 4 rings (SSSR count). The summed E-state index contributed by atoms with van der Waals surface area (Å²) >= 11 is 0. The molecular weight excluding hydrogens is 442 g/mol. The number of fused-ring (bicyclic) bond motifs is 1. The highest BCUT2D eigenvalue weighted by atomic mass is 32.2. The third-order valence-electron chi connectivity index (χ3n) is 5.75. The minimum Gasteiger partial charge on any atom is -0.494 e. The number of ether oxygens (including phenoxy) is 1. The lowest BCUT2D eigenvalue weighted by Crippen LogP contribution is -2.40. The van der Waals surface area contributed by atoms with Gasteiger partial charge in [0.2, 0.25) is 0 Å². The van der Waals surface area contributed by atoms with E-state index in [1.54, 1.807) is 12.1 Å². The van der Waals surface area contributed by atoms with Crippen molar-refractivity contribution < 1.29 is 22.4 Å². The van der Waals surface area contributed by atoms with Crippen molar-refractivity contribution in [3.05, 3.63) is 75.6 Å². The minimum absolute atomic E-state index is 0.0338. The number of nitrogens with zero attached hydrogens (tertiary/aromatic N) is 1. The van der Waals surface area contributed by atoms with E-state index in [2.05, 4.69) is 0 Å². The Balaban J connectivity index is 1.67. The van der Waals surface area contributed by atoms with Gasteiger partial charge in [-0.2, -0.15) is 0 Å². The second-order valence-electron chi connectivity index (χ2n) is 8.46. The topological polar surface area (TPSA) is 93.9 Å². The quantitative estimate of drug-likeness (QED) is 0.524. The van der Waals surface area contributed by atoms with E-state index in [9.17, 15) is 18.0 Å². The monoisotopic (exact) mass is 469 g/mol. The Bertz CT molecular complexity index is 1330. The van der Waals surface area contributed by atoms with Crippen molar-refractivity contribution in [2.24, 2.45) is 0 Å². The molecule has 0 aliphatic carbocycles. The van der Waals surface area contributed by atoms with E-state index in [0.29, 0.717) is 24.0 Å². The Morgan fingerprint density at radius 1 is 1.15 bits per heavy atom. The molecule has 0 N–H and O–H groups in total. The van der Waals surface area contributed by atoms with Crippen molar-refractivity contribution in [1.29, 1.82) is 0 Å². The summed E-state index contributed by atoms with van der Waals surface area (Å²) in [6, 6.07) is 13.3. The molecule has 0 bridgehead atoms. The number of aryl methyl sites for hydroxylation is 1. The minimum atomic E-state index is -3.22. The fourth-order valence-corrected chi connectivity index (χ4v) is 5.74.